The number of nitrogens with one attached hydrogen (secondary N) is 1. The van der Waals surface area contributed by atoms with Gasteiger partial charge in [0.1, 0.15) is 5.60 Å². The molecule has 3 heteroatoms. The quantitative estimate of drug-likeness (QED) is 0.744. The molecule has 1 aliphatic carbocycles. The van der Waals surface area contributed by atoms with E-state index in [1.807, 2.05) is 78.9 Å². The lowest BCUT2D eigenvalue weighted by molar-refractivity contribution is 0.0940. The summed E-state index contributed by atoms with van der Waals surface area (Å²) in [6.07, 6.45) is 4.02. The lowest BCUT2D eigenvalue weighted by atomic mass is 9.76. The predicted molar refractivity (Wildman–Crippen MR) is 104 cm³/mol. The third-order valence-electron chi connectivity index (χ3n) is 4.93. The van der Waals surface area contributed by atoms with Gasteiger partial charge in [-0.2, -0.15) is 0 Å². The minimum Gasteiger partial charge on any atom is -0.376 e. The molecule has 1 aliphatic rings. The molecule has 128 valence electrons. The Kier molecular flexibility index (Phi) is 3.94. The van der Waals surface area contributed by atoms with Crippen LogP contribution in [-0.4, -0.2) is 18.1 Å². The number of aliphatic hydroxyl groups is 1. The van der Waals surface area contributed by atoms with Crippen molar-refractivity contribution in [3.63, 3.8) is 0 Å². The van der Waals surface area contributed by atoms with Crippen molar-refractivity contribution in [2.45, 2.75) is 5.60 Å². The Balaban J connectivity index is 2.11. The highest BCUT2D eigenvalue weighted by Gasteiger charge is 2.40. The zero-order valence-corrected chi connectivity index (χ0v) is 14.4. The number of hydrogen-bond donors (Lipinski definition) is 2. The zero-order valence-electron chi connectivity index (χ0n) is 14.4. The van der Waals surface area contributed by atoms with E-state index in [2.05, 4.69) is 5.32 Å². The number of carbonyl (C=O) groups is 1. The molecule has 0 saturated heterocycles. The van der Waals surface area contributed by atoms with Crippen LogP contribution in [0.4, 0.5) is 0 Å². The van der Waals surface area contributed by atoms with Crippen LogP contribution in [0.5, 0.6) is 0 Å². The number of carbonyl (C=O) groups excluding carboxylic acids is 1. The normalized spacial score (nSPS) is 14.1. The van der Waals surface area contributed by atoms with E-state index in [9.17, 15) is 9.90 Å². The van der Waals surface area contributed by atoms with E-state index in [0.717, 1.165) is 22.3 Å². The van der Waals surface area contributed by atoms with Crippen LogP contribution in [0.15, 0.2) is 72.8 Å². The van der Waals surface area contributed by atoms with E-state index in [-0.39, 0.29) is 5.91 Å². The van der Waals surface area contributed by atoms with Gasteiger partial charge >= 0.3 is 0 Å². The average Bonchev–Trinajstić information content (AvgIpc) is 2.83. The molecule has 0 heterocycles. The van der Waals surface area contributed by atoms with E-state index in [1.165, 1.54) is 0 Å². The Hall–Kier alpha value is -3.17. The fourth-order valence-corrected chi connectivity index (χ4v) is 3.69. The first-order valence-corrected chi connectivity index (χ1v) is 8.57. The van der Waals surface area contributed by atoms with Crippen LogP contribution in [0.3, 0.4) is 0 Å². The van der Waals surface area contributed by atoms with E-state index in [1.54, 1.807) is 13.1 Å². The largest absolute Gasteiger partial charge is 0.376 e. The molecule has 0 atom stereocenters. The van der Waals surface area contributed by atoms with Crippen molar-refractivity contribution < 1.29 is 9.90 Å². The monoisotopic (exact) mass is 341 g/mol. The van der Waals surface area contributed by atoms with E-state index in [0.29, 0.717) is 11.1 Å². The van der Waals surface area contributed by atoms with Gasteiger partial charge in [-0.1, -0.05) is 78.9 Å². The number of fused-ring (bicyclic) bond motifs is 2. The van der Waals surface area contributed by atoms with E-state index >= 15 is 0 Å². The summed E-state index contributed by atoms with van der Waals surface area (Å²) in [5.74, 6) is -0.221. The van der Waals surface area contributed by atoms with Crippen LogP contribution in [0.1, 0.15) is 38.2 Å². The third-order valence-corrected chi connectivity index (χ3v) is 4.93. The van der Waals surface area contributed by atoms with Gasteiger partial charge in [0.2, 0.25) is 0 Å². The van der Waals surface area contributed by atoms with Crippen molar-refractivity contribution in [1.29, 1.82) is 0 Å². The average molecular weight is 341 g/mol. The number of hydrogen-bond acceptors (Lipinski definition) is 2. The number of rotatable bonds is 2. The van der Waals surface area contributed by atoms with Crippen LogP contribution in [0.25, 0.3) is 12.2 Å². The molecule has 4 rings (SSSR count). The van der Waals surface area contributed by atoms with Crippen LogP contribution < -0.4 is 5.32 Å². The molecule has 3 nitrogen and oxygen atoms in total. The Labute approximate surface area is 152 Å². The van der Waals surface area contributed by atoms with Gasteiger partial charge in [-0.05, 0) is 28.3 Å². The first-order valence-electron chi connectivity index (χ1n) is 8.57. The number of amides is 1. The summed E-state index contributed by atoms with van der Waals surface area (Å²) in [7, 11) is 1.60. The first-order chi connectivity index (χ1) is 12.7. The summed E-state index contributed by atoms with van der Waals surface area (Å²) in [4.78, 5) is 12.5. The lowest BCUT2D eigenvalue weighted by Crippen LogP contribution is -2.33. The van der Waals surface area contributed by atoms with Gasteiger partial charge in [-0.3, -0.25) is 4.79 Å². The van der Waals surface area contributed by atoms with E-state index in [4.69, 9.17) is 0 Å². The van der Waals surface area contributed by atoms with Crippen molar-refractivity contribution in [1.82, 2.24) is 5.32 Å². The van der Waals surface area contributed by atoms with Crippen LogP contribution in [-0.2, 0) is 5.60 Å². The summed E-state index contributed by atoms with van der Waals surface area (Å²) in [5.41, 5.74) is 2.98. The predicted octanol–water partition coefficient (Wildman–Crippen LogP) is 3.81. The first kappa shape index (κ1) is 16.3. The molecule has 0 saturated carbocycles. The molecule has 0 unspecified atom stereocenters. The number of benzene rings is 3. The van der Waals surface area contributed by atoms with Gasteiger partial charge in [-0.15, -0.1) is 0 Å². The van der Waals surface area contributed by atoms with Crippen molar-refractivity contribution >= 4 is 18.1 Å². The van der Waals surface area contributed by atoms with Crippen LogP contribution >= 0.6 is 0 Å². The molecule has 0 radical (unpaired) electrons. The molecule has 3 aromatic carbocycles. The highest BCUT2D eigenvalue weighted by Crippen LogP contribution is 2.43. The van der Waals surface area contributed by atoms with Crippen molar-refractivity contribution in [2.24, 2.45) is 0 Å². The van der Waals surface area contributed by atoms with Crippen molar-refractivity contribution in [3.05, 3.63) is 106 Å². The Morgan fingerprint density at radius 1 is 0.769 bits per heavy atom. The van der Waals surface area contributed by atoms with Gasteiger partial charge in [-0.25, -0.2) is 0 Å². The fraction of sp³-hybridized carbons (Fsp3) is 0.0870. The smallest absolute Gasteiger partial charge is 0.251 e. The molecule has 26 heavy (non-hydrogen) atoms. The second-order valence-corrected chi connectivity index (χ2v) is 6.34. The van der Waals surface area contributed by atoms with Gasteiger partial charge in [0.25, 0.3) is 5.91 Å². The third kappa shape index (κ3) is 2.37. The molecular weight excluding hydrogens is 322 g/mol. The molecule has 0 aliphatic heterocycles. The molecule has 0 spiro atoms. The molecule has 2 N–H and O–H groups in total. The highest BCUT2D eigenvalue weighted by molar-refractivity contribution is 5.96. The SMILES string of the molecule is CNC(=O)c1ccccc1C1(O)c2ccccc2C=Cc2ccccc21. The molecule has 0 bridgehead atoms. The summed E-state index contributed by atoms with van der Waals surface area (Å²) >= 11 is 0. The maximum Gasteiger partial charge on any atom is 0.251 e. The maximum absolute atomic E-state index is 12.5. The topological polar surface area (TPSA) is 49.3 Å². The summed E-state index contributed by atoms with van der Waals surface area (Å²) in [5, 5.41) is 14.8. The Bertz CT molecular complexity index is 970. The minimum absolute atomic E-state index is 0.221. The molecule has 1 amide bonds. The van der Waals surface area contributed by atoms with Crippen LogP contribution in [0.2, 0.25) is 0 Å². The summed E-state index contributed by atoms with van der Waals surface area (Å²) < 4.78 is 0. The Morgan fingerprint density at radius 3 is 1.77 bits per heavy atom. The second kappa shape index (κ2) is 6.28. The van der Waals surface area contributed by atoms with Gasteiger partial charge < -0.3 is 10.4 Å². The molecule has 0 aromatic heterocycles. The molecule has 3 aromatic rings. The summed E-state index contributed by atoms with van der Waals surface area (Å²) in [6.45, 7) is 0. The molecule has 0 fully saturated rings. The minimum atomic E-state index is -1.43. The maximum atomic E-state index is 12.5. The zero-order chi connectivity index (χ0) is 18.1. The fourth-order valence-electron chi connectivity index (χ4n) is 3.69. The van der Waals surface area contributed by atoms with Gasteiger partial charge in [0.15, 0.2) is 0 Å². The van der Waals surface area contributed by atoms with Crippen molar-refractivity contribution in [2.75, 3.05) is 7.05 Å². The highest BCUT2D eigenvalue weighted by atomic mass is 16.3. The van der Waals surface area contributed by atoms with E-state index < -0.39 is 5.60 Å². The Morgan fingerprint density at radius 2 is 1.23 bits per heavy atom. The van der Waals surface area contributed by atoms with Gasteiger partial charge in [0, 0.05) is 18.2 Å². The lowest BCUT2D eigenvalue weighted by Gasteiger charge is -2.33. The summed E-state index contributed by atoms with van der Waals surface area (Å²) in [6, 6.07) is 22.7. The van der Waals surface area contributed by atoms with Crippen LogP contribution in [0, 0.1) is 0 Å². The standard InChI is InChI=1S/C23H19NO2/c1-24-22(25)18-10-4-7-13-21(18)23(26)19-11-5-2-8-16(19)14-15-17-9-3-6-12-20(17)23/h2-15,26H,1H3,(H,24,25). The molecular formula is C23H19NO2. The van der Waals surface area contributed by atoms with Gasteiger partial charge in [0.05, 0.1) is 0 Å². The van der Waals surface area contributed by atoms with Crippen molar-refractivity contribution in [3.8, 4) is 0 Å². The second-order valence-electron chi connectivity index (χ2n) is 6.34.